The van der Waals surface area contributed by atoms with Crippen molar-refractivity contribution in [3.05, 3.63) is 30.5 Å². The second-order valence-corrected chi connectivity index (χ2v) is 5.87. The SMILES string of the molecule is Nc1nc(NCCC2C=CC(=O)CC2)nc2nc(-c3ccco3)nn12. The van der Waals surface area contributed by atoms with Gasteiger partial charge < -0.3 is 15.5 Å². The summed E-state index contributed by atoms with van der Waals surface area (Å²) in [5.74, 6) is 2.48. The van der Waals surface area contributed by atoms with E-state index < -0.39 is 0 Å². The van der Waals surface area contributed by atoms with Crippen LogP contribution in [0.1, 0.15) is 19.3 Å². The minimum Gasteiger partial charge on any atom is -0.461 e. The molecule has 3 aromatic rings. The first-order chi connectivity index (χ1) is 12.2. The summed E-state index contributed by atoms with van der Waals surface area (Å²) >= 11 is 0. The fourth-order valence-electron chi connectivity index (χ4n) is 2.76. The Labute approximate surface area is 143 Å². The molecule has 0 saturated carbocycles. The number of carbonyl (C=O) groups is 1. The van der Waals surface area contributed by atoms with Crippen molar-refractivity contribution in [1.29, 1.82) is 0 Å². The minimum atomic E-state index is 0.195. The Morgan fingerprint density at radius 1 is 1.36 bits per heavy atom. The van der Waals surface area contributed by atoms with E-state index in [1.807, 2.05) is 6.08 Å². The van der Waals surface area contributed by atoms with Crippen LogP contribution in [0.15, 0.2) is 35.0 Å². The summed E-state index contributed by atoms with van der Waals surface area (Å²) in [5.41, 5.74) is 5.94. The van der Waals surface area contributed by atoms with Crippen LogP contribution >= 0.6 is 0 Å². The van der Waals surface area contributed by atoms with Crippen LogP contribution in [0.5, 0.6) is 0 Å². The molecule has 0 radical (unpaired) electrons. The Morgan fingerprint density at radius 3 is 3.04 bits per heavy atom. The van der Waals surface area contributed by atoms with E-state index >= 15 is 0 Å². The Bertz CT molecular complexity index is 930. The fourth-order valence-corrected chi connectivity index (χ4v) is 2.76. The molecule has 4 rings (SSSR count). The molecule has 3 aromatic heterocycles. The molecule has 1 unspecified atom stereocenters. The summed E-state index contributed by atoms with van der Waals surface area (Å²) in [4.78, 5) is 24.1. The topological polar surface area (TPSA) is 124 Å². The number of furan rings is 1. The monoisotopic (exact) mass is 339 g/mol. The van der Waals surface area contributed by atoms with E-state index in [-0.39, 0.29) is 11.7 Å². The third-order valence-electron chi connectivity index (χ3n) is 4.09. The Hall–Kier alpha value is -3.23. The molecule has 0 bridgehead atoms. The lowest BCUT2D eigenvalue weighted by molar-refractivity contribution is -0.115. The maximum absolute atomic E-state index is 11.2. The number of allylic oxidation sites excluding steroid dienone is 2. The van der Waals surface area contributed by atoms with Crippen LogP contribution in [0.25, 0.3) is 17.4 Å². The Balaban J connectivity index is 1.47. The highest BCUT2D eigenvalue weighted by Gasteiger charge is 2.15. The van der Waals surface area contributed by atoms with E-state index in [9.17, 15) is 4.79 Å². The van der Waals surface area contributed by atoms with Crippen LogP contribution in [0.4, 0.5) is 11.9 Å². The molecule has 3 N–H and O–H groups in total. The maximum Gasteiger partial charge on any atom is 0.259 e. The standard InChI is InChI=1S/C16H17N7O2/c17-14-20-15(18-8-7-10-3-5-11(24)6-4-10)21-16-19-13(22-23(14)16)12-2-1-9-25-12/h1-3,5,9-10H,4,6-8H2,(H3,17,18,19,20,21,22). The number of nitrogens with two attached hydrogens (primary N) is 1. The number of rotatable bonds is 5. The lowest BCUT2D eigenvalue weighted by Crippen LogP contribution is -2.15. The van der Waals surface area contributed by atoms with Crippen molar-refractivity contribution in [2.24, 2.45) is 5.92 Å². The van der Waals surface area contributed by atoms with E-state index in [2.05, 4.69) is 25.4 Å². The molecule has 9 nitrogen and oxygen atoms in total. The van der Waals surface area contributed by atoms with Crippen LogP contribution in [0.3, 0.4) is 0 Å². The average molecular weight is 339 g/mol. The third-order valence-corrected chi connectivity index (χ3v) is 4.09. The van der Waals surface area contributed by atoms with Gasteiger partial charge in [-0.3, -0.25) is 4.79 Å². The molecular weight excluding hydrogens is 322 g/mol. The molecule has 0 spiro atoms. The summed E-state index contributed by atoms with van der Waals surface area (Å²) in [7, 11) is 0. The van der Waals surface area contributed by atoms with Crippen LogP contribution in [0.2, 0.25) is 0 Å². The first-order valence-electron chi connectivity index (χ1n) is 8.08. The van der Waals surface area contributed by atoms with Gasteiger partial charge in [0, 0.05) is 13.0 Å². The number of carbonyl (C=O) groups excluding carboxylic acids is 1. The van der Waals surface area contributed by atoms with Gasteiger partial charge in [-0.15, -0.1) is 5.10 Å². The van der Waals surface area contributed by atoms with Crippen LogP contribution in [-0.4, -0.2) is 36.9 Å². The highest BCUT2D eigenvalue weighted by molar-refractivity contribution is 5.90. The number of anilines is 2. The van der Waals surface area contributed by atoms with Gasteiger partial charge in [-0.05, 0) is 37.0 Å². The molecular formula is C16H17N7O2. The van der Waals surface area contributed by atoms with Crippen molar-refractivity contribution in [2.75, 3.05) is 17.6 Å². The van der Waals surface area contributed by atoms with Crippen LogP contribution < -0.4 is 11.1 Å². The van der Waals surface area contributed by atoms with Crippen molar-refractivity contribution < 1.29 is 9.21 Å². The molecule has 0 amide bonds. The first-order valence-corrected chi connectivity index (χ1v) is 8.08. The van der Waals surface area contributed by atoms with E-state index in [0.29, 0.717) is 42.2 Å². The summed E-state index contributed by atoms with van der Waals surface area (Å²) < 4.78 is 6.66. The minimum absolute atomic E-state index is 0.195. The number of hydrogen-bond donors (Lipinski definition) is 2. The normalized spacial score (nSPS) is 17.3. The zero-order chi connectivity index (χ0) is 17.2. The molecule has 0 aromatic carbocycles. The molecule has 25 heavy (non-hydrogen) atoms. The van der Waals surface area contributed by atoms with Crippen LogP contribution in [0, 0.1) is 5.92 Å². The predicted octanol–water partition coefficient (Wildman–Crippen LogP) is 1.70. The molecule has 0 saturated heterocycles. The number of nitrogen functional groups attached to an aromatic ring is 1. The molecule has 1 atom stereocenters. The quantitative estimate of drug-likeness (QED) is 0.719. The van der Waals surface area contributed by atoms with Gasteiger partial charge in [0.1, 0.15) is 0 Å². The van der Waals surface area contributed by atoms with E-state index in [1.165, 1.54) is 4.52 Å². The fraction of sp³-hybridized carbons (Fsp3) is 0.312. The van der Waals surface area contributed by atoms with Gasteiger partial charge in [0.05, 0.1) is 6.26 Å². The van der Waals surface area contributed by atoms with Crippen molar-refractivity contribution in [3.63, 3.8) is 0 Å². The number of nitrogens with zero attached hydrogens (tertiary/aromatic N) is 5. The highest BCUT2D eigenvalue weighted by atomic mass is 16.3. The van der Waals surface area contributed by atoms with E-state index in [4.69, 9.17) is 10.2 Å². The molecule has 128 valence electrons. The Kier molecular flexibility index (Phi) is 3.88. The van der Waals surface area contributed by atoms with Gasteiger partial charge in [0.2, 0.25) is 17.7 Å². The average Bonchev–Trinajstić information content (AvgIpc) is 3.26. The maximum atomic E-state index is 11.2. The molecule has 0 aliphatic heterocycles. The van der Waals surface area contributed by atoms with Gasteiger partial charge >= 0.3 is 0 Å². The van der Waals surface area contributed by atoms with Gasteiger partial charge in [0.25, 0.3) is 5.78 Å². The van der Waals surface area contributed by atoms with Gasteiger partial charge in [0.15, 0.2) is 11.5 Å². The van der Waals surface area contributed by atoms with Crippen molar-refractivity contribution >= 4 is 23.5 Å². The number of hydrogen-bond acceptors (Lipinski definition) is 8. The lowest BCUT2D eigenvalue weighted by atomic mass is 9.92. The number of ketones is 1. The zero-order valence-corrected chi connectivity index (χ0v) is 13.4. The predicted molar refractivity (Wildman–Crippen MR) is 90.7 cm³/mol. The zero-order valence-electron chi connectivity index (χ0n) is 13.4. The van der Waals surface area contributed by atoms with Crippen LogP contribution in [-0.2, 0) is 4.79 Å². The van der Waals surface area contributed by atoms with Gasteiger partial charge in [-0.25, -0.2) is 0 Å². The highest BCUT2D eigenvalue weighted by Crippen LogP contribution is 2.19. The van der Waals surface area contributed by atoms with Gasteiger partial charge in [-0.2, -0.15) is 19.5 Å². The summed E-state index contributed by atoms with van der Waals surface area (Å²) in [5, 5.41) is 7.40. The summed E-state index contributed by atoms with van der Waals surface area (Å²) in [6.45, 7) is 0.679. The number of fused-ring (bicyclic) bond motifs is 1. The summed E-state index contributed by atoms with van der Waals surface area (Å²) in [6, 6.07) is 3.52. The first kappa shape index (κ1) is 15.3. The molecule has 1 aliphatic carbocycles. The molecule has 1 aliphatic rings. The second kappa shape index (κ2) is 6.34. The van der Waals surface area contributed by atoms with E-state index in [1.54, 1.807) is 24.5 Å². The van der Waals surface area contributed by atoms with Crippen molar-refractivity contribution in [2.45, 2.75) is 19.3 Å². The smallest absolute Gasteiger partial charge is 0.259 e. The largest absolute Gasteiger partial charge is 0.461 e. The number of nitrogens with one attached hydrogen (secondary N) is 1. The summed E-state index contributed by atoms with van der Waals surface area (Å²) in [6.07, 6.45) is 7.58. The third kappa shape index (κ3) is 3.21. The van der Waals surface area contributed by atoms with Crippen molar-refractivity contribution in [1.82, 2.24) is 24.6 Å². The molecule has 3 heterocycles. The molecule has 9 heteroatoms. The van der Waals surface area contributed by atoms with E-state index in [0.717, 1.165) is 12.8 Å². The Morgan fingerprint density at radius 2 is 2.28 bits per heavy atom. The van der Waals surface area contributed by atoms with Crippen molar-refractivity contribution in [3.8, 4) is 11.6 Å². The van der Waals surface area contributed by atoms with Gasteiger partial charge in [-0.1, -0.05) is 6.08 Å². The molecule has 0 fully saturated rings. The second-order valence-electron chi connectivity index (χ2n) is 5.87. The lowest BCUT2D eigenvalue weighted by Gasteiger charge is -2.15. The number of aromatic nitrogens is 5.